The molecular weight excluding hydrogens is 375 g/mol. The molecule has 1 fully saturated rings. The van der Waals surface area contributed by atoms with E-state index < -0.39 is 0 Å². The van der Waals surface area contributed by atoms with E-state index in [0.29, 0.717) is 13.2 Å². The first-order valence-electron chi connectivity index (χ1n) is 8.67. The fourth-order valence-corrected chi connectivity index (χ4v) is 2.91. The number of ether oxygens (including phenoxy) is 1. The molecule has 0 bridgehead atoms. The van der Waals surface area contributed by atoms with Crippen LogP contribution in [0, 0.1) is 0 Å². The van der Waals surface area contributed by atoms with E-state index in [-0.39, 0.29) is 36.8 Å². The average molecular weight is 407 g/mol. The third kappa shape index (κ3) is 8.20. The van der Waals surface area contributed by atoms with Gasteiger partial charge in [0.2, 0.25) is 5.91 Å². The SMILES string of the molecule is COCCNCCNC(=O)C(c1ccccc1)N1CCN(C)CC1.Cl.Cl. The van der Waals surface area contributed by atoms with Gasteiger partial charge in [0, 0.05) is 52.9 Å². The molecule has 1 heterocycles. The van der Waals surface area contributed by atoms with Gasteiger partial charge >= 0.3 is 0 Å². The van der Waals surface area contributed by atoms with Crippen molar-refractivity contribution in [3.05, 3.63) is 35.9 Å². The number of nitrogens with zero attached hydrogens (tertiary/aromatic N) is 2. The molecule has 6 nitrogen and oxygen atoms in total. The highest BCUT2D eigenvalue weighted by Gasteiger charge is 2.29. The largest absolute Gasteiger partial charge is 0.383 e. The van der Waals surface area contributed by atoms with E-state index in [1.165, 1.54) is 0 Å². The second kappa shape index (κ2) is 14.2. The number of carbonyl (C=O) groups excluding carboxylic acids is 1. The first-order chi connectivity index (χ1) is 11.7. The molecule has 1 atom stereocenters. The number of methoxy groups -OCH3 is 1. The molecule has 0 saturated carbocycles. The van der Waals surface area contributed by atoms with Gasteiger partial charge in [0.05, 0.1) is 6.61 Å². The predicted octanol–water partition coefficient (Wildman–Crippen LogP) is 1.17. The van der Waals surface area contributed by atoms with Crippen LogP contribution in [0.5, 0.6) is 0 Å². The van der Waals surface area contributed by atoms with E-state index >= 15 is 0 Å². The van der Waals surface area contributed by atoms with Crippen molar-refractivity contribution in [1.29, 1.82) is 0 Å². The minimum atomic E-state index is -0.209. The van der Waals surface area contributed by atoms with Gasteiger partial charge < -0.3 is 20.3 Å². The van der Waals surface area contributed by atoms with Crippen LogP contribution in [0.15, 0.2) is 30.3 Å². The topological polar surface area (TPSA) is 56.8 Å². The molecular formula is C18H32Cl2N4O2. The van der Waals surface area contributed by atoms with Crippen LogP contribution in [0.1, 0.15) is 11.6 Å². The number of rotatable bonds is 9. The highest BCUT2D eigenvalue weighted by molar-refractivity contribution is 5.85. The van der Waals surface area contributed by atoms with Gasteiger partial charge in [-0.1, -0.05) is 30.3 Å². The molecule has 2 rings (SSSR count). The summed E-state index contributed by atoms with van der Waals surface area (Å²) in [7, 11) is 3.81. The summed E-state index contributed by atoms with van der Waals surface area (Å²) in [5, 5.41) is 6.31. The Balaban J connectivity index is 0.00000312. The Bertz CT molecular complexity index is 485. The summed E-state index contributed by atoms with van der Waals surface area (Å²) in [4.78, 5) is 17.4. The van der Waals surface area contributed by atoms with Crippen LogP contribution in [0.4, 0.5) is 0 Å². The summed E-state index contributed by atoms with van der Waals surface area (Å²) in [6.45, 7) is 6.67. The van der Waals surface area contributed by atoms with E-state index in [0.717, 1.165) is 44.8 Å². The molecule has 0 aromatic heterocycles. The zero-order chi connectivity index (χ0) is 17.2. The Morgan fingerprint density at radius 2 is 1.73 bits per heavy atom. The first kappa shape index (κ1) is 25.1. The standard InChI is InChI=1S/C18H30N4O2.2ClH/c1-21-11-13-22(14-12-21)17(16-6-4-3-5-7-16)18(23)20-9-8-19-10-15-24-2;;/h3-7,17,19H,8-15H2,1-2H3,(H,20,23);2*1H. The van der Waals surface area contributed by atoms with E-state index in [1.54, 1.807) is 7.11 Å². The number of amides is 1. The Morgan fingerprint density at radius 1 is 1.08 bits per heavy atom. The van der Waals surface area contributed by atoms with E-state index in [1.807, 2.05) is 30.3 Å². The molecule has 1 unspecified atom stereocenters. The van der Waals surface area contributed by atoms with Crippen molar-refractivity contribution < 1.29 is 9.53 Å². The number of likely N-dealkylation sites (N-methyl/N-ethyl adjacent to an activating group) is 1. The van der Waals surface area contributed by atoms with Crippen molar-refractivity contribution in [1.82, 2.24) is 20.4 Å². The Morgan fingerprint density at radius 3 is 2.35 bits per heavy atom. The fraction of sp³-hybridized carbons (Fsp3) is 0.611. The van der Waals surface area contributed by atoms with Gasteiger partial charge in [0.15, 0.2) is 0 Å². The molecule has 1 aliphatic rings. The summed E-state index contributed by atoms with van der Waals surface area (Å²) in [6.07, 6.45) is 0. The maximum Gasteiger partial charge on any atom is 0.242 e. The van der Waals surface area contributed by atoms with Gasteiger partial charge in [-0.15, -0.1) is 24.8 Å². The number of hydrogen-bond donors (Lipinski definition) is 2. The van der Waals surface area contributed by atoms with Gasteiger partial charge in [0.25, 0.3) is 0 Å². The Labute approximate surface area is 169 Å². The molecule has 2 N–H and O–H groups in total. The van der Waals surface area contributed by atoms with Gasteiger partial charge in [0.1, 0.15) is 6.04 Å². The molecule has 1 aromatic carbocycles. The summed E-state index contributed by atoms with van der Waals surface area (Å²) >= 11 is 0. The van der Waals surface area contributed by atoms with Crippen LogP contribution < -0.4 is 10.6 Å². The van der Waals surface area contributed by atoms with Crippen LogP contribution in [0.2, 0.25) is 0 Å². The molecule has 26 heavy (non-hydrogen) atoms. The highest BCUT2D eigenvalue weighted by atomic mass is 35.5. The molecule has 0 radical (unpaired) electrons. The van der Waals surface area contributed by atoms with Crippen molar-refractivity contribution in [3.8, 4) is 0 Å². The normalized spacial score (nSPS) is 16.2. The van der Waals surface area contributed by atoms with Gasteiger partial charge in [-0.25, -0.2) is 0 Å². The summed E-state index contributed by atoms with van der Waals surface area (Å²) < 4.78 is 4.99. The van der Waals surface area contributed by atoms with E-state index in [9.17, 15) is 4.79 Å². The average Bonchev–Trinajstić information content (AvgIpc) is 2.61. The summed E-state index contributed by atoms with van der Waals surface area (Å²) in [5.74, 6) is 0.0827. The fourth-order valence-electron chi connectivity index (χ4n) is 2.91. The Kier molecular flexibility index (Phi) is 13.7. The zero-order valence-electron chi connectivity index (χ0n) is 15.6. The van der Waals surface area contributed by atoms with Crippen LogP contribution in [0.3, 0.4) is 0 Å². The third-order valence-electron chi connectivity index (χ3n) is 4.35. The van der Waals surface area contributed by atoms with Gasteiger partial charge in [-0.05, 0) is 12.6 Å². The second-order valence-electron chi connectivity index (χ2n) is 6.19. The lowest BCUT2D eigenvalue weighted by molar-refractivity contribution is -0.127. The zero-order valence-corrected chi connectivity index (χ0v) is 17.3. The van der Waals surface area contributed by atoms with Crippen LogP contribution in [0.25, 0.3) is 0 Å². The first-order valence-corrected chi connectivity index (χ1v) is 8.67. The third-order valence-corrected chi connectivity index (χ3v) is 4.35. The molecule has 8 heteroatoms. The predicted molar refractivity (Wildman–Crippen MR) is 111 cm³/mol. The van der Waals surface area contributed by atoms with E-state index in [2.05, 4.69) is 27.5 Å². The monoisotopic (exact) mass is 406 g/mol. The molecule has 1 aromatic rings. The van der Waals surface area contributed by atoms with Crippen LogP contribution in [-0.4, -0.2) is 82.3 Å². The van der Waals surface area contributed by atoms with Crippen molar-refractivity contribution in [2.45, 2.75) is 6.04 Å². The number of benzene rings is 1. The summed E-state index contributed by atoms with van der Waals surface area (Å²) in [6, 6.07) is 9.86. The van der Waals surface area contributed by atoms with Crippen molar-refractivity contribution in [2.24, 2.45) is 0 Å². The molecule has 0 aliphatic carbocycles. The molecule has 150 valence electrons. The second-order valence-corrected chi connectivity index (χ2v) is 6.19. The minimum absolute atomic E-state index is 0. The van der Waals surface area contributed by atoms with Crippen molar-refractivity contribution in [2.75, 3.05) is 66.6 Å². The minimum Gasteiger partial charge on any atom is -0.383 e. The Hall–Kier alpha value is -0.890. The lowest BCUT2D eigenvalue weighted by Crippen LogP contribution is -2.50. The highest BCUT2D eigenvalue weighted by Crippen LogP contribution is 2.22. The van der Waals surface area contributed by atoms with Gasteiger partial charge in [-0.2, -0.15) is 0 Å². The molecule has 1 amide bonds. The number of nitrogens with one attached hydrogen (secondary N) is 2. The van der Waals surface area contributed by atoms with Gasteiger partial charge in [-0.3, -0.25) is 9.69 Å². The van der Waals surface area contributed by atoms with Crippen LogP contribution in [-0.2, 0) is 9.53 Å². The lowest BCUT2D eigenvalue weighted by atomic mass is 10.0. The number of hydrogen-bond acceptors (Lipinski definition) is 5. The summed E-state index contributed by atoms with van der Waals surface area (Å²) in [5.41, 5.74) is 1.06. The quantitative estimate of drug-likeness (QED) is 0.602. The number of halogens is 2. The number of carbonyl (C=O) groups is 1. The molecule has 1 aliphatic heterocycles. The number of piperazine rings is 1. The lowest BCUT2D eigenvalue weighted by Gasteiger charge is -2.37. The van der Waals surface area contributed by atoms with Crippen LogP contribution >= 0.6 is 24.8 Å². The molecule has 0 spiro atoms. The maximum absolute atomic E-state index is 12.8. The molecule has 1 saturated heterocycles. The van der Waals surface area contributed by atoms with E-state index in [4.69, 9.17) is 4.74 Å². The maximum atomic E-state index is 12.8. The van der Waals surface area contributed by atoms with Crippen molar-refractivity contribution >= 4 is 30.7 Å². The smallest absolute Gasteiger partial charge is 0.242 e. The van der Waals surface area contributed by atoms with Crippen molar-refractivity contribution in [3.63, 3.8) is 0 Å².